The number of hydrogen-bond acceptors (Lipinski definition) is 4. The molecule has 1 heterocycles. The van der Waals surface area contributed by atoms with Gasteiger partial charge in [-0.15, -0.1) is 0 Å². The van der Waals surface area contributed by atoms with Gasteiger partial charge in [0.05, 0.1) is 4.90 Å². The molecule has 0 unspecified atom stereocenters. The summed E-state index contributed by atoms with van der Waals surface area (Å²) < 4.78 is 24.4. The van der Waals surface area contributed by atoms with Crippen LogP contribution >= 0.6 is 11.6 Å². The lowest BCUT2D eigenvalue weighted by Gasteiger charge is -2.33. The molecule has 7 heteroatoms. The van der Waals surface area contributed by atoms with Crippen LogP contribution in [-0.2, 0) is 14.6 Å². The lowest BCUT2D eigenvalue weighted by Crippen LogP contribution is -2.53. The second kappa shape index (κ2) is 6.11. The van der Waals surface area contributed by atoms with Crippen molar-refractivity contribution in [3.05, 3.63) is 29.3 Å². The smallest absolute Gasteiger partial charge is 0.238 e. The highest BCUT2D eigenvalue weighted by Crippen LogP contribution is 2.16. The van der Waals surface area contributed by atoms with Crippen molar-refractivity contribution in [2.75, 3.05) is 25.4 Å². The maximum absolute atomic E-state index is 12.2. The molecular formula is C13H17ClN2O3S. The van der Waals surface area contributed by atoms with Crippen LogP contribution in [0.3, 0.4) is 0 Å². The molecule has 2 rings (SSSR count). The van der Waals surface area contributed by atoms with E-state index < -0.39 is 15.6 Å². The second-order valence-corrected chi connectivity index (χ2v) is 7.28. The third kappa shape index (κ3) is 3.50. The van der Waals surface area contributed by atoms with Crippen molar-refractivity contribution in [2.45, 2.75) is 17.9 Å². The van der Waals surface area contributed by atoms with Crippen LogP contribution in [0.2, 0.25) is 5.02 Å². The zero-order valence-corrected chi connectivity index (χ0v) is 12.7. The number of sulfone groups is 1. The summed E-state index contributed by atoms with van der Waals surface area (Å²) >= 11 is 5.73. The van der Waals surface area contributed by atoms with Crippen molar-refractivity contribution in [2.24, 2.45) is 0 Å². The molecule has 0 aromatic heterocycles. The van der Waals surface area contributed by atoms with E-state index in [1.165, 1.54) is 24.3 Å². The van der Waals surface area contributed by atoms with Gasteiger partial charge >= 0.3 is 0 Å². The van der Waals surface area contributed by atoms with E-state index in [2.05, 4.69) is 5.32 Å². The van der Waals surface area contributed by atoms with Gasteiger partial charge in [0.1, 0.15) is 5.75 Å². The first-order chi connectivity index (χ1) is 9.40. The maximum Gasteiger partial charge on any atom is 0.238 e. The molecule has 5 nitrogen and oxygen atoms in total. The minimum atomic E-state index is -3.62. The number of rotatable bonds is 3. The summed E-state index contributed by atoms with van der Waals surface area (Å²) in [4.78, 5) is 13.9. The standard InChI is InChI=1S/C13H17ClN2O3S/c1-10-8-15-6-7-16(10)13(17)9-20(18,19)12-4-2-11(14)3-5-12/h2-5,10,15H,6-9H2,1H3/t10-/m0/s1. The molecule has 110 valence electrons. The Bertz CT molecular complexity index is 586. The maximum atomic E-state index is 12.2. The summed E-state index contributed by atoms with van der Waals surface area (Å²) in [7, 11) is -3.62. The molecule has 0 aliphatic carbocycles. The van der Waals surface area contributed by atoms with Crippen LogP contribution in [0.4, 0.5) is 0 Å². The van der Waals surface area contributed by atoms with Crippen molar-refractivity contribution >= 4 is 27.3 Å². The summed E-state index contributed by atoms with van der Waals surface area (Å²) in [5, 5.41) is 3.63. The summed E-state index contributed by atoms with van der Waals surface area (Å²) in [6, 6.07) is 5.87. The van der Waals surface area contributed by atoms with Crippen LogP contribution in [0, 0.1) is 0 Å². The van der Waals surface area contributed by atoms with E-state index in [0.29, 0.717) is 24.7 Å². The molecule has 1 atom stereocenters. The van der Waals surface area contributed by atoms with Crippen LogP contribution in [-0.4, -0.2) is 50.7 Å². The molecule has 0 spiro atoms. The number of carbonyl (C=O) groups is 1. The van der Waals surface area contributed by atoms with E-state index in [0.717, 1.165) is 0 Å². The van der Waals surface area contributed by atoms with E-state index in [-0.39, 0.29) is 16.8 Å². The molecule has 1 aromatic carbocycles. The van der Waals surface area contributed by atoms with Gasteiger partial charge in [-0.1, -0.05) is 11.6 Å². The van der Waals surface area contributed by atoms with Crippen molar-refractivity contribution < 1.29 is 13.2 Å². The average Bonchev–Trinajstić information content (AvgIpc) is 2.39. The molecule has 1 aliphatic heterocycles. The van der Waals surface area contributed by atoms with Gasteiger partial charge in [0.15, 0.2) is 9.84 Å². The molecule has 20 heavy (non-hydrogen) atoms. The van der Waals surface area contributed by atoms with Crippen molar-refractivity contribution in [3.8, 4) is 0 Å². The third-order valence-electron chi connectivity index (χ3n) is 3.31. The van der Waals surface area contributed by atoms with Gasteiger partial charge in [-0.3, -0.25) is 4.79 Å². The largest absolute Gasteiger partial charge is 0.337 e. The number of hydrogen-bond donors (Lipinski definition) is 1. The Morgan fingerprint density at radius 1 is 1.40 bits per heavy atom. The highest BCUT2D eigenvalue weighted by atomic mass is 35.5. The van der Waals surface area contributed by atoms with E-state index in [4.69, 9.17) is 11.6 Å². The molecule has 1 N–H and O–H groups in total. The van der Waals surface area contributed by atoms with Gasteiger partial charge in [-0.2, -0.15) is 0 Å². The fourth-order valence-corrected chi connectivity index (χ4v) is 3.52. The fraction of sp³-hybridized carbons (Fsp3) is 0.462. The first kappa shape index (κ1) is 15.3. The van der Waals surface area contributed by atoms with Crippen molar-refractivity contribution in [1.29, 1.82) is 0 Å². The molecule has 1 aromatic rings. The number of nitrogens with zero attached hydrogens (tertiary/aromatic N) is 1. The van der Waals surface area contributed by atoms with Crippen molar-refractivity contribution in [1.82, 2.24) is 10.2 Å². The lowest BCUT2D eigenvalue weighted by molar-refractivity contribution is -0.131. The van der Waals surface area contributed by atoms with E-state index in [1.54, 1.807) is 4.90 Å². The van der Waals surface area contributed by atoms with Gasteiger partial charge < -0.3 is 10.2 Å². The fourth-order valence-electron chi connectivity index (χ4n) is 2.18. The minimum absolute atomic E-state index is 0.0108. The average molecular weight is 317 g/mol. The molecule has 0 radical (unpaired) electrons. The monoisotopic (exact) mass is 316 g/mol. The molecule has 0 bridgehead atoms. The molecule has 0 saturated carbocycles. The van der Waals surface area contributed by atoms with E-state index in [1.807, 2.05) is 6.92 Å². The molecular weight excluding hydrogens is 300 g/mol. The summed E-state index contributed by atoms with van der Waals surface area (Å²) in [5.41, 5.74) is 0. The Hall–Kier alpha value is -1.11. The van der Waals surface area contributed by atoms with Gasteiger partial charge in [0.25, 0.3) is 0 Å². The van der Waals surface area contributed by atoms with E-state index in [9.17, 15) is 13.2 Å². The van der Waals surface area contributed by atoms with Crippen LogP contribution < -0.4 is 5.32 Å². The first-order valence-electron chi connectivity index (χ1n) is 6.38. The number of halogens is 1. The number of benzene rings is 1. The highest BCUT2D eigenvalue weighted by Gasteiger charge is 2.27. The number of amides is 1. The van der Waals surface area contributed by atoms with Crippen LogP contribution in [0.25, 0.3) is 0 Å². The van der Waals surface area contributed by atoms with Gasteiger partial charge in [-0.25, -0.2) is 8.42 Å². The molecule has 1 saturated heterocycles. The Morgan fingerprint density at radius 2 is 2.05 bits per heavy atom. The number of nitrogens with one attached hydrogen (secondary N) is 1. The number of carbonyl (C=O) groups excluding carboxylic acids is 1. The summed E-state index contributed by atoms with van der Waals surface area (Å²) in [5.74, 6) is -0.854. The highest BCUT2D eigenvalue weighted by molar-refractivity contribution is 7.92. The lowest BCUT2D eigenvalue weighted by atomic mass is 10.2. The zero-order valence-electron chi connectivity index (χ0n) is 11.2. The van der Waals surface area contributed by atoms with E-state index >= 15 is 0 Å². The van der Waals surface area contributed by atoms with Gasteiger partial charge in [-0.05, 0) is 31.2 Å². The second-order valence-electron chi connectivity index (χ2n) is 4.85. The minimum Gasteiger partial charge on any atom is -0.337 e. The number of piperazine rings is 1. The van der Waals surface area contributed by atoms with Crippen molar-refractivity contribution in [3.63, 3.8) is 0 Å². The first-order valence-corrected chi connectivity index (χ1v) is 8.42. The summed E-state index contributed by atoms with van der Waals surface area (Å²) in [6.07, 6.45) is 0. The molecule has 1 aliphatic rings. The predicted molar refractivity (Wildman–Crippen MR) is 77.5 cm³/mol. The predicted octanol–water partition coefficient (Wildman–Crippen LogP) is 0.934. The third-order valence-corrected chi connectivity index (χ3v) is 5.18. The molecule has 1 amide bonds. The Balaban J connectivity index is 2.11. The van der Waals surface area contributed by atoms with Crippen LogP contribution in [0.5, 0.6) is 0 Å². The summed E-state index contributed by atoms with van der Waals surface area (Å²) in [6.45, 7) is 3.82. The Kier molecular flexibility index (Phi) is 4.67. The Labute approximate surface area is 123 Å². The Morgan fingerprint density at radius 3 is 2.65 bits per heavy atom. The van der Waals surface area contributed by atoms with Crippen LogP contribution in [0.1, 0.15) is 6.92 Å². The zero-order chi connectivity index (χ0) is 14.8. The van der Waals surface area contributed by atoms with Gasteiger partial charge in [0, 0.05) is 30.7 Å². The SMILES string of the molecule is C[C@H]1CNCCN1C(=O)CS(=O)(=O)c1ccc(Cl)cc1. The molecule has 1 fully saturated rings. The van der Waals surface area contributed by atoms with Crippen LogP contribution in [0.15, 0.2) is 29.2 Å². The van der Waals surface area contributed by atoms with Gasteiger partial charge in [0.2, 0.25) is 5.91 Å². The quantitative estimate of drug-likeness (QED) is 0.901. The normalized spacial score (nSPS) is 19.9. The topological polar surface area (TPSA) is 66.5 Å².